The van der Waals surface area contributed by atoms with Gasteiger partial charge in [-0.05, 0) is 18.2 Å². The second-order valence-corrected chi connectivity index (χ2v) is 6.43. The summed E-state index contributed by atoms with van der Waals surface area (Å²) in [6.07, 6.45) is 1.61. The lowest BCUT2D eigenvalue weighted by Crippen LogP contribution is -2.13. The molecule has 0 amide bonds. The molecule has 0 saturated heterocycles. The summed E-state index contributed by atoms with van der Waals surface area (Å²) < 4.78 is 27.4. The Hall–Kier alpha value is -1.82. The summed E-state index contributed by atoms with van der Waals surface area (Å²) in [5.41, 5.74) is 0.966. The van der Waals surface area contributed by atoms with Crippen LogP contribution in [0.25, 0.3) is 10.4 Å². The summed E-state index contributed by atoms with van der Waals surface area (Å²) in [7, 11) is 0. The molecule has 118 valence electrons. The van der Waals surface area contributed by atoms with Crippen molar-refractivity contribution in [2.75, 3.05) is 0 Å². The van der Waals surface area contributed by atoms with Crippen LogP contribution in [0.5, 0.6) is 0 Å². The van der Waals surface area contributed by atoms with Crippen LogP contribution in [0, 0.1) is 11.6 Å². The van der Waals surface area contributed by atoms with Crippen LogP contribution in [0.1, 0.15) is 10.6 Å². The first-order valence-corrected chi connectivity index (χ1v) is 8.18. The molecule has 1 heterocycles. The highest BCUT2D eigenvalue weighted by atomic mass is 35.5. The minimum absolute atomic E-state index is 0.238. The van der Waals surface area contributed by atoms with Crippen LogP contribution in [-0.2, 0) is 13.1 Å². The average molecular weight is 351 g/mol. The fraction of sp³-hybridized carbons (Fsp3) is 0.118. The summed E-state index contributed by atoms with van der Waals surface area (Å²) in [6.45, 7) is 0.882. The van der Waals surface area contributed by atoms with Crippen LogP contribution in [0.2, 0.25) is 5.02 Å². The Morgan fingerprint density at radius 3 is 2.57 bits per heavy atom. The maximum absolute atomic E-state index is 13.9. The number of benzene rings is 2. The maximum Gasteiger partial charge on any atom is 0.133 e. The third-order valence-corrected chi connectivity index (χ3v) is 4.64. The molecule has 0 atom stereocenters. The van der Waals surface area contributed by atoms with Crippen molar-refractivity contribution in [3.63, 3.8) is 0 Å². The quantitative estimate of drug-likeness (QED) is 0.698. The van der Waals surface area contributed by atoms with Gasteiger partial charge in [0.1, 0.15) is 16.6 Å². The summed E-state index contributed by atoms with van der Waals surface area (Å²) in [5.74, 6) is -0.606. The van der Waals surface area contributed by atoms with E-state index in [4.69, 9.17) is 11.6 Å². The average Bonchev–Trinajstić information content (AvgIpc) is 2.97. The lowest BCUT2D eigenvalue weighted by Gasteiger charge is -2.04. The second kappa shape index (κ2) is 7.17. The zero-order valence-corrected chi connectivity index (χ0v) is 13.6. The van der Waals surface area contributed by atoms with Crippen molar-refractivity contribution < 1.29 is 8.78 Å². The molecular formula is C17H13ClF2N2S. The molecule has 0 radical (unpaired) electrons. The van der Waals surface area contributed by atoms with Gasteiger partial charge in [0, 0.05) is 30.4 Å². The molecule has 2 aromatic carbocycles. The largest absolute Gasteiger partial charge is 0.306 e. The second-order valence-electron chi connectivity index (χ2n) is 4.91. The van der Waals surface area contributed by atoms with Gasteiger partial charge in [-0.15, -0.1) is 11.3 Å². The van der Waals surface area contributed by atoms with Crippen LogP contribution in [0.3, 0.4) is 0 Å². The van der Waals surface area contributed by atoms with Crippen LogP contribution in [-0.4, -0.2) is 4.98 Å². The molecule has 2 nitrogen and oxygen atoms in total. The van der Waals surface area contributed by atoms with E-state index in [1.54, 1.807) is 36.5 Å². The van der Waals surface area contributed by atoms with Gasteiger partial charge in [0.15, 0.2) is 0 Å². The van der Waals surface area contributed by atoms with E-state index in [-0.39, 0.29) is 11.6 Å². The molecule has 0 aliphatic heterocycles. The van der Waals surface area contributed by atoms with Gasteiger partial charge in [0.25, 0.3) is 0 Å². The number of rotatable bonds is 5. The molecule has 3 aromatic rings. The zero-order valence-electron chi connectivity index (χ0n) is 12.0. The maximum atomic E-state index is 13.9. The van der Waals surface area contributed by atoms with Crippen LogP contribution < -0.4 is 5.32 Å². The predicted molar refractivity (Wildman–Crippen MR) is 89.5 cm³/mol. The van der Waals surface area contributed by atoms with E-state index >= 15 is 0 Å². The van der Waals surface area contributed by atoms with E-state index in [2.05, 4.69) is 10.3 Å². The number of aromatic nitrogens is 1. The van der Waals surface area contributed by atoms with Crippen LogP contribution in [0.15, 0.2) is 48.7 Å². The minimum atomic E-state index is -0.369. The highest BCUT2D eigenvalue weighted by molar-refractivity contribution is 7.15. The third-order valence-electron chi connectivity index (χ3n) is 3.31. The summed E-state index contributed by atoms with van der Waals surface area (Å²) in [5, 5.41) is 4.28. The standard InChI is InChI=1S/C17H13ClF2N2S/c18-12-5-3-7-14(20)17(12)15-9-22-16(23-15)10-21-8-11-4-1-2-6-13(11)19/h1-7,9,21H,8,10H2. The summed E-state index contributed by atoms with van der Waals surface area (Å²) >= 11 is 7.42. The topological polar surface area (TPSA) is 24.9 Å². The van der Waals surface area contributed by atoms with Crippen molar-refractivity contribution in [2.24, 2.45) is 0 Å². The fourth-order valence-corrected chi connectivity index (χ4v) is 3.46. The first-order chi connectivity index (χ1) is 11.1. The van der Waals surface area contributed by atoms with Gasteiger partial charge in [-0.25, -0.2) is 13.8 Å². The van der Waals surface area contributed by atoms with Gasteiger partial charge in [-0.3, -0.25) is 0 Å². The number of halogens is 3. The fourth-order valence-electron chi connectivity index (χ4n) is 2.19. The highest BCUT2D eigenvalue weighted by Gasteiger charge is 2.13. The number of nitrogens with zero attached hydrogens (tertiary/aromatic N) is 1. The van der Waals surface area contributed by atoms with Crippen molar-refractivity contribution in [1.29, 1.82) is 0 Å². The smallest absolute Gasteiger partial charge is 0.133 e. The Bertz CT molecular complexity index is 800. The van der Waals surface area contributed by atoms with Crippen molar-refractivity contribution in [3.8, 4) is 10.4 Å². The number of hydrogen-bond donors (Lipinski definition) is 1. The van der Waals surface area contributed by atoms with Gasteiger partial charge < -0.3 is 5.32 Å². The lowest BCUT2D eigenvalue weighted by atomic mass is 10.2. The molecule has 0 saturated carbocycles. The monoisotopic (exact) mass is 350 g/mol. The van der Waals surface area contributed by atoms with E-state index in [1.807, 2.05) is 0 Å². The van der Waals surface area contributed by atoms with Crippen molar-refractivity contribution in [2.45, 2.75) is 13.1 Å². The molecule has 1 N–H and O–H groups in total. The Morgan fingerprint density at radius 1 is 1.00 bits per heavy atom. The van der Waals surface area contributed by atoms with Crippen LogP contribution >= 0.6 is 22.9 Å². The third kappa shape index (κ3) is 3.75. The van der Waals surface area contributed by atoms with Crippen molar-refractivity contribution in [3.05, 3.63) is 75.9 Å². The first-order valence-electron chi connectivity index (χ1n) is 6.98. The van der Waals surface area contributed by atoms with Gasteiger partial charge in [0.2, 0.25) is 0 Å². The zero-order chi connectivity index (χ0) is 16.2. The van der Waals surface area contributed by atoms with Gasteiger partial charge in [0.05, 0.1) is 9.90 Å². The molecule has 0 aliphatic carbocycles. The molecule has 0 spiro atoms. The van der Waals surface area contributed by atoms with Gasteiger partial charge >= 0.3 is 0 Å². The van der Waals surface area contributed by atoms with E-state index in [0.29, 0.717) is 34.1 Å². The summed E-state index contributed by atoms with van der Waals surface area (Å²) in [6, 6.07) is 11.2. The Morgan fingerprint density at radius 2 is 1.78 bits per heavy atom. The normalized spacial score (nSPS) is 10.9. The first kappa shape index (κ1) is 16.1. The molecular weight excluding hydrogens is 338 g/mol. The Labute approximate surface area is 141 Å². The van der Waals surface area contributed by atoms with E-state index in [9.17, 15) is 8.78 Å². The van der Waals surface area contributed by atoms with Crippen LogP contribution in [0.4, 0.5) is 8.78 Å². The molecule has 0 unspecified atom stereocenters. The Balaban J connectivity index is 1.67. The summed E-state index contributed by atoms with van der Waals surface area (Å²) in [4.78, 5) is 4.94. The minimum Gasteiger partial charge on any atom is -0.306 e. The van der Waals surface area contributed by atoms with E-state index in [0.717, 1.165) is 5.01 Å². The molecule has 1 aromatic heterocycles. The molecule has 0 bridgehead atoms. The number of thiazole rings is 1. The van der Waals surface area contributed by atoms with Crippen molar-refractivity contribution >= 4 is 22.9 Å². The molecule has 3 rings (SSSR count). The SMILES string of the molecule is Fc1ccccc1CNCc1ncc(-c2c(F)cccc2Cl)s1. The number of hydrogen-bond acceptors (Lipinski definition) is 3. The lowest BCUT2D eigenvalue weighted by molar-refractivity contribution is 0.587. The predicted octanol–water partition coefficient (Wildman–Crippen LogP) is 5.03. The molecule has 6 heteroatoms. The van der Waals surface area contributed by atoms with E-state index in [1.165, 1.54) is 23.5 Å². The van der Waals surface area contributed by atoms with E-state index < -0.39 is 0 Å². The highest BCUT2D eigenvalue weighted by Crippen LogP contribution is 2.34. The molecule has 23 heavy (non-hydrogen) atoms. The number of nitrogens with one attached hydrogen (secondary N) is 1. The molecule has 0 aliphatic rings. The van der Waals surface area contributed by atoms with Gasteiger partial charge in [-0.2, -0.15) is 0 Å². The van der Waals surface area contributed by atoms with Crippen molar-refractivity contribution in [1.82, 2.24) is 10.3 Å². The van der Waals surface area contributed by atoms with Gasteiger partial charge in [-0.1, -0.05) is 35.9 Å². The Kier molecular flexibility index (Phi) is 5.00. The molecule has 0 fully saturated rings.